The Kier molecular flexibility index (Phi) is 7.65. The van der Waals surface area contributed by atoms with E-state index in [1.54, 1.807) is 4.90 Å². The minimum absolute atomic E-state index is 0.0552. The van der Waals surface area contributed by atoms with Crippen molar-refractivity contribution in [3.05, 3.63) is 59.7 Å². The van der Waals surface area contributed by atoms with E-state index in [2.05, 4.69) is 33.0 Å². The minimum Gasteiger partial charge on any atom is -0.493 e. The van der Waals surface area contributed by atoms with E-state index in [1.807, 2.05) is 48.5 Å². The lowest BCUT2D eigenvalue weighted by molar-refractivity contribution is -0.132. The SMILES string of the molecule is CC(C)COc1ccc(C2(c3ccc(OCC(C)C)cc3)NC(=N)N(C3CCOCC3)C2=O)cc1. The van der Waals surface area contributed by atoms with Crippen LogP contribution in [0.4, 0.5) is 0 Å². The van der Waals surface area contributed by atoms with Crippen molar-refractivity contribution in [3.63, 3.8) is 0 Å². The zero-order chi connectivity index (χ0) is 25.0. The highest BCUT2D eigenvalue weighted by atomic mass is 16.5. The first-order valence-electron chi connectivity index (χ1n) is 12.6. The molecule has 0 unspecified atom stereocenters. The summed E-state index contributed by atoms with van der Waals surface area (Å²) in [5.41, 5.74) is 0.354. The molecule has 1 amide bonds. The van der Waals surface area contributed by atoms with Gasteiger partial charge in [0.05, 0.1) is 13.2 Å². The molecule has 2 N–H and O–H groups in total. The summed E-state index contributed by atoms with van der Waals surface area (Å²) in [5, 5.41) is 12.0. The Hall–Kier alpha value is -3.06. The Balaban J connectivity index is 1.70. The van der Waals surface area contributed by atoms with Crippen LogP contribution in [0.2, 0.25) is 0 Å². The maximum absolute atomic E-state index is 14.2. The van der Waals surface area contributed by atoms with Gasteiger partial charge in [-0.15, -0.1) is 0 Å². The van der Waals surface area contributed by atoms with Crippen LogP contribution in [0.5, 0.6) is 11.5 Å². The Morgan fingerprint density at radius 3 is 1.80 bits per heavy atom. The highest BCUT2D eigenvalue weighted by molar-refractivity contribution is 6.10. The molecule has 0 atom stereocenters. The molecule has 0 aliphatic carbocycles. The van der Waals surface area contributed by atoms with Gasteiger partial charge in [0.15, 0.2) is 11.5 Å². The summed E-state index contributed by atoms with van der Waals surface area (Å²) in [6, 6.07) is 15.2. The number of benzene rings is 2. The molecule has 7 nitrogen and oxygen atoms in total. The van der Waals surface area contributed by atoms with Gasteiger partial charge >= 0.3 is 0 Å². The molecule has 0 saturated carbocycles. The van der Waals surface area contributed by atoms with Crippen molar-refractivity contribution in [3.8, 4) is 11.5 Å². The first-order chi connectivity index (χ1) is 16.8. The summed E-state index contributed by atoms with van der Waals surface area (Å²) >= 11 is 0. The molecule has 35 heavy (non-hydrogen) atoms. The second kappa shape index (κ2) is 10.7. The van der Waals surface area contributed by atoms with Crippen molar-refractivity contribution in [1.82, 2.24) is 10.2 Å². The molecule has 2 aromatic rings. The molecular weight excluding hydrogens is 442 g/mol. The molecule has 0 aromatic heterocycles. The number of hydrogen-bond donors (Lipinski definition) is 2. The standard InChI is InChI=1S/C28H37N3O4/c1-19(2)17-34-24-9-5-21(6-10-24)28(22-7-11-25(12-8-22)35-18-20(3)4)26(32)31(27(29)30-28)23-13-15-33-16-14-23/h5-12,19-20,23H,13-18H2,1-4H3,(H2,29,30). The average molecular weight is 480 g/mol. The third-order valence-corrected chi connectivity index (χ3v) is 6.38. The number of hydrogen-bond acceptors (Lipinski definition) is 5. The minimum atomic E-state index is -1.19. The number of ether oxygens (including phenoxy) is 3. The summed E-state index contributed by atoms with van der Waals surface area (Å²) < 4.78 is 17.2. The maximum atomic E-state index is 14.2. The number of rotatable bonds is 9. The number of amides is 1. The lowest BCUT2D eigenvalue weighted by Crippen LogP contribution is -2.47. The van der Waals surface area contributed by atoms with Crippen LogP contribution in [-0.4, -0.2) is 49.2 Å². The summed E-state index contributed by atoms with van der Waals surface area (Å²) in [5.74, 6) is 2.35. The number of guanidine groups is 1. The van der Waals surface area contributed by atoms with Crippen molar-refractivity contribution in [2.24, 2.45) is 11.8 Å². The van der Waals surface area contributed by atoms with Gasteiger partial charge in [-0.1, -0.05) is 52.0 Å². The molecule has 188 valence electrons. The highest BCUT2D eigenvalue weighted by Gasteiger charge is 2.54. The Bertz CT molecular complexity index is 956. The van der Waals surface area contributed by atoms with E-state index in [9.17, 15) is 4.79 Å². The number of nitrogens with zero attached hydrogens (tertiary/aromatic N) is 1. The smallest absolute Gasteiger partial charge is 0.264 e. The summed E-state index contributed by atoms with van der Waals surface area (Å²) in [4.78, 5) is 15.8. The van der Waals surface area contributed by atoms with Gasteiger partial charge in [0, 0.05) is 19.3 Å². The van der Waals surface area contributed by atoms with Crippen molar-refractivity contribution >= 4 is 11.9 Å². The highest BCUT2D eigenvalue weighted by Crippen LogP contribution is 2.39. The first-order valence-corrected chi connectivity index (χ1v) is 12.6. The van der Waals surface area contributed by atoms with Crippen molar-refractivity contribution in [2.75, 3.05) is 26.4 Å². The fraction of sp³-hybridized carbons (Fsp3) is 0.500. The zero-order valence-electron chi connectivity index (χ0n) is 21.2. The molecule has 0 bridgehead atoms. The molecule has 2 aromatic carbocycles. The van der Waals surface area contributed by atoms with E-state index < -0.39 is 5.54 Å². The topological polar surface area (TPSA) is 83.9 Å². The van der Waals surface area contributed by atoms with Gasteiger partial charge < -0.3 is 19.5 Å². The molecule has 4 rings (SSSR count). The predicted molar refractivity (Wildman–Crippen MR) is 136 cm³/mol. The molecule has 2 heterocycles. The summed E-state index contributed by atoms with van der Waals surface area (Å²) in [6.07, 6.45) is 1.44. The molecular formula is C28H37N3O4. The normalized spacial score (nSPS) is 18.3. The van der Waals surface area contributed by atoms with E-state index in [0.29, 0.717) is 38.3 Å². The number of carbonyl (C=O) groups excluding carboxylic acids is 1. The van der Waals surface area contributed by atoms with Crippen molar-refractivity contribution in [2.45, 2.75) is 52.1 Å². The molecule has 0 spiro atoms. The first kappa shape index (κ1) is 25.0. The molecule has 2 saturated heterocycles. The molecule has 2 aliphatic rings. The quantitative estimate of drug-likeness (QED) is 0.552. The lowest BCUT2D eigenvalue weighted by atomic mass is 9.82. The van der Waals surface area contributed by atoms with Gasteiger partial charge in [-0.05, 0) is 60.1 Å². The van der Waals surface area contributed by atoms with E-state index in [1.165, 1.54) is 0 Å². The van der Waals surface area contributed by atoms with Crippen LogP contribution >= 0.6 is 0 Å². The van der Waals surface area contributed by atoms with Gasteiger partial charge in [-0.25, -0.2) is 0 Å². The summed E-state index contributed by atoms with van der Waals surface area (Å²) in [7, 11) is 0. The number of nitrogens with one attached hydrogen (secondary N) is 2. The fourth-order valence-electron chi connectivity index (χ4n) is 4.55. The second-order valence-electron chi connectivity index (χ2n) is 10.2. The van der Waals surface area contributed by atoms with Crippen LogP contribution in [-0.2, 0) is 15.1 Å². The van der Waals surface area contributed by atoms with E-state index in [0.717, 1.165) is 35.5 Å². The van der Waals surface area contributed by atoms with Crippen LogP contribution < -0.4 is 14.8 Å². The number of carbonyl (C=O) groups is 1. The van der Waals surface area contributed by atoms with Gasteiger partial charge in [-0.2, -0.15) is 0 Å². The lowest BCUT2D eigenvalue weighted by Gasteiger charge is -2.32. The molecule has 7 heteroatoms. The van der Waals surface area contributed by atoms with Gasteiger partial charge in [0.1, 0.15) is 11.5 Å². The Labute approximate surface area is 208 Å². The van der Waals surface area contributed by atoms with Crippen LogP contribution in [0.1, 0.15) is 51.7 Å². The van der Waals surface area contributed by atoms with Crippen LogP contribution in [0.15, 0.2) is 48.5 Å². The molecule has 2 fully saturated rings. The van der Waals surface area contributed by atoms with Crippen molar-refractivity contribution < 1.29 is 19.0 Å². The van der Waals surface area contributed by atoms with Gasteiger partial charge in [-0.3, -0.25) is 15.1 Å². The maximum Gasteiger partial charge on any atom is 0.264 e. The third kappa shape index (κ3) is 5.30. The van der Waals surface area contributed by atoms with Gasteiger partial charge in [0.25, 0.3) is 5.91 Å². The van der Waals surface area contributed by atoms with E-state index >= 15 is 0 Å². The Morgan fingerprint density at radius 1 is 0.914 bits per heavy atom. The van der Waals surface area contributed by atoms with Gasteiger partial charge in [0.2, 0.25) is 0 Å². The largest absolute Gasteiger partial charge is 0.493 e. The van der Waals surface area contributed by atoms with E-state index in [-0.39, 0.29) is 17.9 Å². The van der Waals surface area contributed by atoms with Crippen LogP contribution in [0.3, 0.4) is 0 Å². The monoisotopic (exact) mass is 479 g/mol. The van der Waals surface area contributed by atoms with Crippen molar-refractivity contribution in [1.29, 1.82) is 5.41 Å². The molecule has 2 aliphatic heterocycles. The Morgan fingerprint density at radius 2 is 1.37 bits per heavy atom. The van der Waals surface area contributed by atoms with E-state index in [4.69, 9.17) is 19.6 Å². The van der Waals surface area contributed by atoms with Crippen LogP contribution in [0.25, 0.3) is 0 Å². The predicted octanol–water partition coefficient (Wildman–Crippen LogP) is 4.55. The fourth-order valence-corrected chi connectivity index (χ4v) is 4.55. The summed E-state index contributed by atoms with van der Waals surface area (Å²) in [6.45, 7) is 10.9. The second-order valence-corrected chi connectivity index (χ2v) is 10.2. The van der Waals surface area contributed by atoms with Crippen LogP contribution in [0, 0.1) is 17.2 Å². The zero-order valence-corrected chi connectivity index (χ0v) is 21.2. The third-order valence-electron chi connectivity index (χ3n) is 6.38. The average Bonchev–Trinajstić information content (AvgIpc) is 3.13. The molecule has 0 radical (unpaired) electrons.